The molecule has 6 heteroatoms. The first-order valence-corrected chi connectivity index (χ1v) is 10.3. The number of carbonyl (C=O) groups is 2. The second-order valence-electron chi connectivity index (χ2n) is 7.76. The van der Waals surface area contributed by atoms with Crippen LogP contribution in [0.25, 0.3) is 0 Å². The predicted molar refractivity (Wildman–Crippen MR) is 108 cm³/mol. The molecule has 1 heterocycles. The maximum Gasteiger partial charge on any atom is 0.248 e. The van der Waals surface area contributed by atoms with Crippen molar-refractivity contribution in [2.24, 2.45) is 5.73 Å². The molecule has 1 saturated carbocycles. The zero-order valence-electron chi connectivity index (χ0n) is 16.2. The maximum atomic E-state index is 12.2. The van der Waals surface area contributed by atoms with E-state index in [1.54, 1.807) is 24.3 Å². The molecule has 0 bridgehead atoms. The fourth-order valence-corrected chi connectivity index (χ4v) is 4.23. The Hall–Kier alpha value is -1.92. The highest BCUT2D eigenvalue weighted by Gasteiger charge is 2.23. The summed E-state index contributed by atoms with van der Waals surface area (Å²) in [7, 11) is 0. The Balaban J connectivity index is 1.40. The van der Waals surface area contributed by atoms with Crippen LogP contribution < -0.4 is 11.1 Å². The van der Waals surface area contributed by atoms with Gasteiger partial charge in [0.25, 0.3) is 0 Å². The second kappa shape index (κ2) is 9.85. The van der Waals surface area contributed by atoms with Gasteiger partial charge in [-0.15, -0.1) is 0 Å². The molecule has 0 radical (unpaired) electrons. The summed E-state index contributed by atoms with van der Waals surface area (Å²) in [5.74, 6) is -0.452. The van der Waals surface area contributed by atoms with Gasteiger partial charge < -0.3 is 16.0 Å². The summed E-state index contributed by atoms with van der Waals surface area (Å²) in [6, 6.07) is 7.47. The minimum Gasteiger partial charge on any atom is -0.366 e. The molecule has 2 fully saturated rings. The molecule has 1 saturated heterocycles. The lowest BCUT2D eigenvalue weighted by molar-refractivity contribution is -0.116. The van der Waals surface area contributed by atoms with Crippen molar-refractivity contribution in [3.8, 4) is 0 Å². The number of anilines is 1. The van der Waals surface area contributed by atoms with Crippen LogP contribution in [-0.4, -0.2) is 60.4 Å². The largest absolute Gasteiger partial charge is 0.366 e. The lowest BCUT2D eigenvalue weighted by Crippen LogP contribution is -2.39. The monoisotopic (exact) mass is 372 g/mol. The van der Waals surface area contributed by atoms with Gasteiger partial charge in [-0.1, -0.05) is 19.3 Å². The van der Waals surface area contributed by atoms with Crippen LogP contribution in [0.5, 0.6) is 0 Å². The minimum atomic E-state index is -0.462. The van der Waals surface area contributed by atoms with Gasteiger partial charge in [-0.2, -0.15) is 0 Å². The summed E-state index contributed by atoms with van der Waals surface area (Å²) in [4.78, 5) is 28.4. The van der Waals surface area contributed by atoms with Gasteiger partial charge in [0.15, 0.2) is 0 Å². The zero-order valence-corrected chi connectivity index (χ0v) is 16.2. The summed E-state index contributed by atoms with van der Waals surface area (Å²) in [5, 5.41) is 2.90. The van der Waals surface area contributed by atoms with E-state index in [2.05, 4.69) is 15.1 Å². The number of benzene rings is 1. The van der Waals surface area contributed by atoms with Gasteiger partial charge in [-0.05, 0) is 56.6 Å². The van der Waals surface area contributed by atoms with E-state index >= 15 is 0 Å². The van der Waals surface area contributed by atoms with Crippen LogP contribution in [0.3, 0.4) is 0 Å². The van der Waals surface area contributed by atoms with Crippen molar-refractivity contribution in [1.29, 1.82) is 0 Å². The molecule has 148 valence electrons. The Morgan fingerprint density at radius 3 is 2.41 bits per heavy atom. The third-order valence-electron chi connectivity index (χ3n) is 5.82. The number of amides is 2. The first-order valence-electron chi connectivity index (χ1n) is 10.3. The topological polar surface area (TPSA) is 78.7 Å². The average molecular weight is 373 g/mol. The molecule has 2 amide bonds. The van der Waals surface area contributed by atoms with E-state index in [-0.39, 0.29) is 5.91 Å². The molecule has 6 nitrogen and oxygen atoms in total. The Morgan fingerprint density at radius 2 is 1.70 bits per heavy atom. The summed E-state index contributed by atoms with van der Waals surface area (Å²) in [6.07, 6.45) is 8.55. The highest BCUT2D eigenvalue weighted by atomic mass is 16.2. The van der Waals surface area contributed by atoms with E-state index in [9.17, 15) is 9.59 Å². The van der Waals surface area contributed by atoms with Crippen molar-refractivity contribution < 1.29 is 9.59 Å². The number of rotatable bonds is 6. The van der Waals surface area contributed by atoms with Crippen molar-refractivity contribution in [2.75, 3.05) is 38.0 Å². The second-order valence-corrected chi connectivity index (χ2v) is 7.76. The summed E-state index contributed by atoms with van der Waals surface area (Å²) in [5.41, 5.74) is 6.37. The average Bonchev–Trinajstić information content (AvgIpc) is 2.93. The lowest BCUT2D eigenvalue weighted by atomic mass is 9.94. The van der Waals surface area contributed by atoms with Crippen LogP contribution in [0.4, 0.5) is 5.69 Å². The number of nitrogens with two attached hydrogens (primary N) is 1. The molecule has 0 spiro atoms. The minimum absolute atomic E-state index is 0.00945. The Kier molecular flexibility index (Phi) is 7.24. The molecule has 0 unspecified atom stereocenters. The van der Waals surface area contributed by atoms with Crippen LogP contribution >= 0.6 is 0 Å². The number of carbonyl (C=O) groups excluding carboxylic acids is 2. The first kappa shape index (κ1) is 19.8. The quantitative estimate of drug-likeness (QED) is 0.804. The third-order valence-corrected chi connectivity index (χ3v) is 5.82. The van der Waals surface area contributed by atoms with Gasteiger partial charge in [-0.3, -0.25) is 14.5 Å². The Morgan fingerprint density at radius 1 is 0.963 bits per heavy atom. The van der Waals surface area contributed by atoms with E-state index in [1.807, 2.05) is 0 Å². The van der Waals surface area contributed by atoms with Crippen molar-refractivity contribution in [1.82, 2.24) is 9.80 Å². The predicted octanol–water partition coefficient (Wildman–Crippen LogP) is 2.45. The first-order chi connectivity index (χ1) is 13.1. The van der Waals surface area contributed by atoms with Gasteiger partial charge in [-0.25, -0.2) is 0 Å². The van der Waals surface area contributed by atoms with Crippen LogP contribution in [0, 0.1) is 0 Å². The molecule has 0 aromatic heterocycles. The van der Waals surface area contributed by atoms with Crippen molar-refractivity contribution >= 4 is 17.5 Å². The third kappa shape index (κ3) is 6.04. The molecule has 1 aromatic carbocycles. The summed E-state index contributed by atoms with van der Waals surface area (Å²) >= 11 is 0. The summed E-state index contributed by atoms with van der Waals surface area (Å²) in [6.45, 7) is 5.24. The van der Waals surface area contributed by atoms with Crippen LogP contribution in [0.15, 0.2) is 24.3 Å². The smallest absolute Gasteiger partial charge is 0.248 e. The molecule has 0 atom stereocenters. The van der Waals surface area contributed by atoms with Gasteiger partial charge >= 0.3 is 0 Å². The molecular formula is C21H32N4O2. The van der Waals surface area contributed by atoms with E-state index < -0.39 is 5.91 Å². The maximum absolute atomic E-state index is 12.2. The molecule has 3 rings (SSSR count). The lowest BCUT2D eigenvalue weighted by Gasteiger charge is -2.33. The standard InChI is InChI=1S/C21H32N4O2/c22-21(27)17-7-9-18(10-8-17)23-20(26)11-14-24-12-4-13-25(16-15-24)19-5-2-1-3-6-19/h7-10,19H,1-6,11-16H2,(H2,22,27)(H,23,26). The van der Waals surface area contributed by atoms with E-state index in [1.165, 1.54) is 45.1 Å². The molecule has 3 N–H and O–H groups in total. The van der Waals surface area contributed by atoms with Gasteiger partial charge in [0.2, 0.25) is 11.8 Å². The molecule has 27 heavy (non-hydrogen) atoms. The SMILES string of the molecule is NC(=O)c1ccc(NC(=O)CCN2CCCN(C3CCCCC3)CC2)cc1. The van der Waals surface area contributed by atoms with Gasteiger partial charge in [0.1, 0.15) is 0 Å². The molecule has 1 aromatic rings. The van der Waals surface area contributed by atoms with Crippen molar-refractivity contribution in [3.05, 3.63) is 29.8 Å². The fourth-order valence-electron chi connectivity index (χ4n) is 4.23. The van der Waals surface area contributed by atoms with Crippen molar-refractivity contribution in [3.63, 3.8) is 0 Å². The highest BCUT2D eigenvalue weighted by Crippen LogP contribution is 2.23. The summed E-state index contributed by atoms with van der Waals surface area (Å²) < 4.78 is 0. The van der Waals surface area contributed by atoms with E-state index in [0.717, 1.165) is 32.2 Å². The van der Waals surface area contributed by atoms with Crippen LogP contribution in [0.2, 0.25) is 0 Å². The fraction of sp³-hybridized carbons (Fsp3) is 0.619. The van der Waals surface area contributed by atoms with E-state index in [0.29, 0.717) is 17.7 Å². The Labute approximate surface area is 162 Å². The molecule has 1 aliphatic heterocycles. The Bertz CT molecular complexity index is 626. The normalized spacial score (nSPS) is 20.1. The highest BCUT2D eigenvalue weighted by molar-refractivity contribution is 5.94. The number of nitrogens with zero attached hydrogens (tertiary/aromatic N) is 2. The van der Waals surface area contributed by atoms with Crippen LogP contribution in [-0.2, 0) is 4.79 Å². The molecular weight excluding hydrogens is 340 g/mol. The molecule has 2 aliphatic rings. The molecule has 1 aliphatic carbocycles. The number of hydrogen-bond acceptors (Lipinski definition) is 4. The van der Waals surface area contributed by atoms with Crippen LogP contribution in [0.1, 0.15) is 55.3 Å². The number of nitrogens with one attached hydrogen (secondary N) is 1. The van der Waals surface area contributed by atoms with Gasteiger partial charge in [0.05, 0.1) is 0 Å². The van der Waals surface area contributed by atoms with Crippen molar-refractivity contribution in [2.45, 2.75) is 51.0 Å². The van der Waals surface area contributed by atoms with Gasteiger partial charge in [0, 0.05) is 43.3 Å². The number of primary amides is 1. The zero-order chi connectivity index (χ0) is 19.1. The van der Waals surface area contributed by atoms with E-state index in [4.69, 9.17) is 5.73 Å². The number of hydrogen-bond donors (Lipinski definition) is 2.